The first-order valence-corrected chi connectivity index (χ1v) is 7.17. The zero-order chi connectivity index (χ0) is 14.4. The molecular formula is C18H23NO. The SMILES string of the molecule is Cc1ccccc1OC(CNC(C)C)c1ccccc1. The van der Waals surface area contributed by atoms with E-state index in [0.717, 1.165) is 17.9 Å². The second-order valence-electron chi connectivity index (χ2n) is 5.35. The van der Waals surface area contributed by atoms with Crippen LogP contribution in [-0.2, 0) is 0 Å². The number of para-hydroxylation sites is 1. The van der Waals surface area contributed by atoms with Crippen LogP contribution in [0.2, 0.25) is 0 Å². The van der Waals surface area contributed by atoms with Gasteiger partial charge >= 0.3 is 0 Å². The quantitative estimate of drug-likeness (QED) is 0.852. The molecular weight excluding hydrogens is 246 g/mol. The molecule has 2 nitrogen and oxygen atoms in total. The second-order valence-corrected chi connectivity index (χ2v) is 5.35. The molecule has 0 heterocycles. The van der Waals surface area contributed by atoms with Gasteiger partial charge in [0.05, 0.1) is 0 Å². The number of hydrogen-bond donors (Lipinski definition) is 1. The lowest BCUT2D eigenvalue weighted by atomic mass is 10.1. The fraction of sp³-hybridized carbons (Fsp3) is 0.333. The number of benzene rings is 2. The van der Waals surface area contributed by atoms with E-state index in [2.05, 4.69) is 56.4 Å². The average molecular weight is 269 g/mol. The van der Waals surface area contributed by atoms with Crippen molar-refractivity contribution in [2.45, 2.75) is 32.9 Å². The van der Waals surface area contributed by atoms with Crippen molar-refractivity contribution in [1.29, 1.82) is 0 Å². The van der Waals surface area contributed by atoms with E-state index >= 15 is 0 Å². The molecule has 0 radical (unpaired) electrons. The normalized spacial score (nSPS) is 12.4. The molecule has 1 atom stereocenters. The number of aryl methyl sites for hydroxylation is 1. The van der Waals surface area contributed by atoms with Gasteiger partial charge in [0.25, 0.3) is 0 Å². The third-order valence-corrected chi connectivity index (χ3v) is 3.25. The van der Waals surface area contributed by atoms with E-state index in [4.69, 9.17) is 4.74 Å². The van der Waals surface area contributed by atoms with Gasteiger partial charge < -0.3 is 10.1 Å². The van der Waals surface area contributed by atoms with Crippen LogP contribution in [0, 0.1) is 6.92 Å². The van der Waals surface area contributed by atoms with Crippen LogP contribution < -0.4 is 10.1 Å². The molecule has 0 aromatic heterocycles. The predicted molar refractivity (Wildman–Crippen MR) is 84.1 cm³/mol. The average Bonchev–Trinajstić information content (AvgIpc) is 2.46. The van der Waals surface area contributed by atoms with Crippen molar-refractivity contribution >= 4 is 0 Å². The molecule has 1 unspecified atom stereocenters. The highest BCUT2D eigenvalue weighted by Crippen LogP contribution is 2.24. The molecule has 0 bridgehead atoms. The molecule has 0 saturated carbocycles. The first-order valence-electron chi connectivity index (χ1n) is 7.17. The Morgan fingerprint density at radius 3 is 2.25 bits per heavy atom. The monoisotopic (exact) mass is 269 g/mol. The Hall–Kier alpha value is -1.80. The van der Waals surface area contributed by atoms with Gasteiger partial charge in [0.1, 0.15) is 11.9 Å². The van der Waals surface area contributed by atoms with E-state index in [0.29, 0.717) is 6.04 Å². The van der Waals surface area contributed by atoms with Crippen molar-refractivity contribution in [3.8, 4) is 5.75 Å². The first kappa shape index (κ1) is 14.6. The smallest absolute Gasteiger partial charge is 0.136 e. The lowest BCUT2D eigenvalue weighted by molar-refractivity contribution is 0.197. The fourth-order valence-corrected chi connectivity index (χ4v) is 2.08. The third kappa shape index (κ3) is 4.10. The topological polar surface area (TPSA) is 21.3 Å². The molecule has 0 aliphatic rings. The minimum atomic E-state index is 0.0275. The number of nitrogens with one attached hydrogen (secondary N) is 1. The maximum absolute atomic E-state index is 6.22. The Balaban J connectivity index is 2.16. The van der Waals surface area contributed by atoms with Crippen LogP contribution in [0.1, 0.15) is 31.1 Å². The number of rotatable bonds is 6. The number of ether oxygens (including phenoxy) is 1. The van der Waals surface area contributed by atoms with Gasteiger partial charge in [0.2, 0.25) is 0 Å². The van der Waals surface area contributed by atoms with Gasteiger partial charge in [-0.15, -0.1) is 0 Å². The molecule has 0 spiro atoms. The third-order valence-electron chi connectivity index (χ3n) is 3.25. The Labute approximate surface area is 121 Å². The van der Waals surface area contributed by atoms with E-state index in [1.54, 1.807) is 0 Å². The van der Waals surface area contributed by atoms with Gasteiger partial charge in [-0.05, 0) is 24.1 Å². The van der Waals surface area contributed by atoms with Gasteiger partial charge in [-0.2, -0.15) is 0 Å². The summed E-state index contributed by atoms with van der Waals surface area (Å²) < 4.78 is 6.22. The Bertz CT molecular complexity index is 522. The highest BCUT2D eigenvalue weighted by Gasteiger charge is 2.14. The van der Waals surface area contributed by atoms with Crippen LogP contribution in [-0.4, -0.2) is 12.6 Å². The summed E-state index contributed by atoms with van der Waals surface area (Å²) in [4.78, 5) is 0. The molecule has 0 amide bonds. The maximum atomic E-state index is 6.22. The second kappa shape index (κ2) is 7.11. The summed E-state index contributed by atoms with van der Waals surface area (Å²) in [6.07, 6.45) is 0.0275. The van der Waals surface area contributed by atoms with Crippen LogP contribution in [0.5, 0.6) is 5.75 Å². The van der Waals surface area contributed by atoms with Crippen molar-refractivity contribution in [3.05, 3.63) is 65.7 Å². The van der Waals surface area contributed by atoms with Crippen LogP contribution in [0.4, 0.5) is 0 Å². The van der Waals surface area contributed by atoms with Gasteiger partial charge in [0, 0.05) is 12.6 Å². The van der Waals surface area contributed by atoms with Crippen LogP contribution >= 0.6 is 0 Å². The molecule has 106 valence electrons. The molecule has 1 N–H and O–H groups in total. The van der Waals surface area contributed by atoms with Gasteiger partial charge in [-0.3, -0.25) is 0 Å². The largest absolute Gasteiger partial charge is 0.484 e. The highest BCUT2D eigenvalue weighted by atomic mass is 16.5. The standard InChI is InChI=1S/C18H23NO/c1-14(2)19-13-18(16-10-5-4-6-11-16)20-17-12-8-7-9-15(17)3/h4-12,14,18-19H,13H2,1-3H3. The Kier molecular flexibility index (Phi) is 5.19. The van der Waals surface area contributed by atoms with E-state index in [9.17, 15) is 0 Å². The lowest BCUT2D eigenvalue weighted by Crippen LogP contribution is -2.30. The molecule has 0 saturated heterocycles. The summed E-state index contributed by atoms with van der Waals surface area (Å²) in [6, 6.07) is 19.0. The summed E-state index contributed by atoms with van der Waals surface area (Å²) in [6.45, 7) is 7.18. The molecule has 2 aromatic rings. The molecule has 20 heavy (non-hydrogen) atoms. The Morgan fingerprint density at radius 2 is 1.60 bits per heavy atom. The fourth-order valence-electron chi connectivity index (χ4n) is 2.08. The van der Waals surface area contributed by atoms with E-state index < -0.39 is 0 Å². The summed E-state index contributed by atoms with van der Waals surface area (Å²) in [5, 5.41) is 3.46. The van der Waals surface area contributed by atoms with Crippen molar-refractivity contribution < 1.29 is 4.74 Å². The van der Waals surface area contributed by atoms with Gasteiger partial charge in [0.15, 0.2) is 0 Å². The zero-order valence-corrected chi connectivity index (χ0v) is 12.5. The number of hydrogen-bond acceptors (Lipinski definition) is 2. The van der Waals surface area contributed by atoms with E-state index in [1.807, 2.05) is 24.3 Å². The summed E-state index contributed by atoms with van der Waals surface area (Å²) in [5.74, 6) is 0.951. The first-order chi connectivity index (χ1) is 9.66. The van der Waals surface area contributed by atoms with Gasteiger partial charge in [-0.1, -0.05) is 62.4 Å². The molecule has 2 heteroatoms. The molecule has 2 rings (SSSR count). The highest BCUT2D eigenvalue weighted by molar-refractivity contribution is 5.33. The predicted octanol–water partition coefficient (Wildman–Crippen LogP) is 4.11. The minimum absolute atomic E-state index is 0.0275. The van der Waals surface area contributed by atoms with E-state index in [-0.39, 0.29) is 6.10 Å². The van der Waals surface area contributed by atoms with Crippen LogP contribution in [0.15, 0.2) is 54.6 Å². The summed E-state index contributed by atoms with van der Waals surface area (Å²) in [7, 11) is 0. The van der Waals surface area contributed by atoms with Crippen LogP contribution in [0.3, 0.4) is 0 Å². The molecule has 2 aromatic carbocycles. The van der Waals surface area contributed by atoms with Crippen molar-refractivity contribution in [2.75, 3.05) is 6.54 Å². The van der Waals surface area contributed by atoms with Crippen LogP contribution in [0.25, 0.3) is 0 Å². The van der Waals surface area contributed by atoms with E-state index in [1.165, 1.54) is 5.56 Å². The molecule has 0 aliphatic heterocycles. The molecule has 0 fully saturated rings. The van der Waals surface area contributed by atoms with Crippen molar-refractivity contribution in [2.24, 2.45) is 0 Å². The zero-order valence-electron chi connectivity index (χ0n) is 12.5. The van der Waals surface area contributed by atoms with Gasteiger partial charge in [-0.25, -0.2) is 0 Å². The lowest BCUT2D eigenvalue weighted by Gasteiger charge is -2.22. The maximum Gasteiger partial charge on any atom is 0.136 e. The summed E-state index contributed by atoms with van der Waals surface area (Å²) in [5.41, 5.74) is 2.36. The Morgan fingerprint density at radius 1 is 0.950 bits per heavy atom. The minimum Gasteiger partial charge on any atom is -0.484 e. The molecule has 0 aliphatic carbocycles. The summed E-state index contributed by atoms with van der Waals surface area (Å²) >= 11 is 0. The van der Waals surface area contributed by atoms with Crippen molar-refractivity contribution in [1.82, 2.24) is 5.32 Å². The van der Waals surface area contributed by atoms with Crippen molar-refractivity contribution in [3.63, 3.8) is 0 Å².